The summed E-state index contributed by atoms with van der Waals surface area (Å²) in [5, 5.41) is 0.408. The largest absolute Gasteiger partial charge is 0.488 e. The number of sulfone groups is 1. The first-order chi connectivity index (χ1) is 9.57. The highest BCUT2D eigenvalue weighted by atomic mass is 35.5. The van der Waals surface area contributed by atoms with Crippen molar-refractivity contribution >= 4 is 27.5 Å². The van der Waals surface area contributed by atoms with E-state index in [0.717, 1.165) is 0 Å². The van der Waals surface area contributed by atoms with Gasteiger partial charge >= 0.3 is 0 Å². The molecular formula is C15H11ClO3S. The number of hydrogen-bond acceptors (Lipinski definition) is 3. The summed E-state index contributed by atoms with van der Waals surface area (Å²) in [4.78, 5) is 0.496. The Morgan fingerprint density at radius 1 is 1.05 bits per heavy atom. The molecule has 0 aliphatic carbocycles. The molecule has 0 saturated carbocycles. The minimum atomic E-state index is -3.49. The fourth-order valence-electron chi connectivity index (χ4n) is 2.04. The zero-order valence-corrected chi connectivity index (χ0v) is 12.0. The van der Waals surface area contributed by atoms with E-state index in [9.17, 15) is 8.42 Å². The maximum Gasteiger partial charge on any atom is 0.206 e. The van der Waals surface area contributed by atoms with Crippen LogP contribution in [0.2, 0.25) is 5.02 Å². The molecule has 102 valence electrons. The third kappa shape index (κ3) is 2.32. The van der Waals surface area contributed by atoms with E-state index in [4.69, 9.17) is 16.3 Å². The van der Waals surface area contributed by atoms with Crippen LogP contribution in [0.15, 0.2) is 58.3 Å². The molecule has 0 aromatic heterocycles. The van der Waals surface area contributed by atoms with E-state index in [0.29, 0.717) is 16.3 Å². The van der Waals surface area contributed by atoms with Gasteiger partial charge in [0.25, 0.3) is 0 Å². The summed E-state index contributed by atoms with van der Waals surface area (Å²) in [5.41, 5.74) is 0.654. The van der Waals surface area contributed by atoms with Crippen LogP contribution in [-0.4, -0.2) is 15.0 Å². The molecule has 1 heterocycles. The Morgan fingerprint density at radius 2 is 1.80 bits per heavy atom. The van der Waals surface area contributed by atoms with Crippen LogP contribution in [-0.2, 0) is 9.84 Å². The van der Waals surface area contributed by atoms with Crippen LogP contribution < -0.4 is 4.74 Å². The first-order valence-corrected chi connectivity index (χ1v) is 7.86. The summed E-state index contributed by atoms with van der Waals surface area (Å²) < 4.78 is 30.2. The highest BCUT2D eigenvalue weighted by molar-refractivity contribution is 7.95. The lowest BCUT2D eigenvalue weighted by Gasteiger charge is -2.07. The summed E-state index contributed by atoms with van der Waals surface area (Å²) in [7, 11) is -3.49. The van der Waals surface area contributed by atoms with Crippen molar-refractivity contribution in [1.29, 1.82) is 0 Å². The van der Waals surface area contributed by atoms with Crippen molar-refractivity contribution in [3.8, 4) is 5.75 Å². The molecule has 0 radical (unpaired) electrons. The molecule has 0 fully saturated rings. The van der Waals surface area contributed by atoms with Crippen LogP contribution in [0.1, 0.15) is 5.56 Å². The van der Waals surface area contributed by atoms with E-state index >= 15 is 0 Å². The molecule has 20 heavy (non-hydrogen) atoms. The van der Waals surface area contributed by atoms with Crippen LogP contribution in [0, 0.1) is 0 Å². The third-order valence-corrected chi connectivity index (χ3v) is 5.14. The number of benzene rings is 2. The average Bonchev–Trinajstić information content (AvgIpc) is 2.69. The normalized spacial score (nSPS) is 15.6. The number of hydrogen-bond donors (Lipinski definition) is 0. The highest BCUT2D eigenvalue weighted by Gasteiger charge is 2.30. The molecule has 0 atom stereocenters. The monoisotopic (exact) mass is 306 g/mol. The predicted molar refractivity (Wildman–Crippen MR) is 78.6 cm³/mol. The number of para-hydroxylation sites is 1. The summed E-state index contributed by atoms with van der Waals surface area (Å²) in [5.74, 6) is 0.637. The molecule has 2 aromatic carbocycles. The van der Waals surface area contributed by atoms with Gasteiger partial charge in [0.15, 0.2) is 0 Å². The van der Waals surface area contributed by atoms with Gasteiger partial charge in [-0.25, -0.2) is 8.42 Å². The molecule has 0 unspecified atom stereocenters. The van der Waals surface area contributed by atoms with Crippen LogP contribution in [0.5, 0.6) is 5.75 Å². The first-order valence-electron chi connectivity index (χ1n) is 6.00. The average molecular weight is 307 g/mol. The molecule has 3 rings (SSSR count). The Bertz CT molecular complexity index is 780. The van der Waals surface area contributed by atoms with E-state index in [2.05, 4.69) is 0 Å². The van der Waals surface area contributed by atoms with Crippen LogP contribution in [0.3, 0.4) is 0 Å². The van der Waals surface area contributed by atoms with E-state index in [1.165, 1.54) is 6.07 Å². The molecule has 1 aliphatic heterocycles. The van der Waals surface area contributed by atoms with E-state index in [1.54, 1.807) is 30.3 Å². The lowest BCUT2D eigenvalue weighted by atomic mass is 10.2. The maximum atomic E-state index is 12.4. The lowest BCUT2D eigenvalue weighted by molar-refractivity contribution is 0.359. The van der Waals surface area contributed by atoms with Gasteiger partial charge in [-0.15, -0.1) is 0 Å². The maximum absolute atomic E-state index is 12.4. The minimum absolute atomic E-state index is 0.0125. The Kier molecular flexibility index (Phi) is 3.28. The van der Waals surface area contributed by atoms with Gasteiger partial charge in [-0.3, -0.25) is 0 Å². The molecule has 1 aliphatic rings. The second-order valence-corrected chi connectivity index (χ2v) is 6.81. The second kappa shape index (κ2) is 4.96. The fraction of sp³-hybridized carbons (Fsp3) is 0.0667. The summed E-state index contributed by atoms with van der Waals surface area (Å²) in [6, 6.07) is 14.0. The van der Waals surface area contributed by atoms with Crippen molar-refractivity contribution in [1.82, 2.24) is 0 Å². The standard InChI is InChI=1S/C15H11ClO3S/c16-12-7-6-11-8-14(20(17,18)15(11)9-12)10-19-13-4-2-1-3-5-13/h1-9H,10H2. The summed E-state index contributed by atoms with van der Waals surface area (Å²) in [6.45, 7) is 0.0125. The van der Waals surface area contributed by atoms with Crippen LogP contribution in [0.25, 0.3) is 6.08 Å². The Morgan fingerprint density at radius 3 is 2.55 bits per heavy atom. The Hall–Kier alpha value is -1.78. The van der Waals surface area contributed by atoms with Gasteiger partial charge in [-0.05, 0) is 35.9 Å². The van der Waals surface area contributed by atoms with Crippen molar-refractivity contribution < 1.29 is 13.2 Å². The van der Waals surface area contributed by atoms with E-state index in [-0.39, 0.29) is 16.4 Å². The smallest absolute Gasteiger partial charge is 0.206 e. The number of rotatable bonds is 3. The summed E-state index contributed by atoms with van der Waals surface area (Å²) >= 11 is 5.85. The molecule has 0 amide bonds. The molecular weight excluding hydrogens is 296 g/mol. The molecule has 0 saturated heterocycles. The topological polar surface area (TPSA) is 43.4 Å². The highest BCUT2D eigenvalue weighted by Crippen LogP contribution is 2.34. The third-order valence-electron chi connectivity index (χ3n) is 3.05. The molecule has 0 spiro atoms. The summed E-state index contributed by atoms with van der Waals surface area (Å²) in [6.07, 6.45) is 1.63. The molecule has 3 nitrogen and oxygen atoms in total. The SMILES string of the molecule is O=S1(=O)C(COc2ccccc2)=Cc2ccc(Cl)cc21. The molecule has 0 bridgehead atoms. The molecule has 0 N–H and O–H groups in total. The fourth-order valence-corrected chi connectivity index (χ4v) is 3.78. The van der Waals surface area contributed by atoms with Gasteiger partial charge in [0, 0.05) is 5.02 Å². The Labute approximate surface area is 122 Å². The van der Waals surface area contributed by atoms with Crippen LogP contribution >= 0.6 is 11.6 Å². The number of halogens is 1. The minimum Gasteiger partial charge on any atom is -0.488 e. The van der Waals surface area contributed by atoms with Gasteiger partial charge in [0.1, 0.15) is 12.4 Å². The van der Waals surface area contributed by atoms with Crippen molar-refractivity contribution in [2.45, 2.75) is 4.90 Å². The number of ether oxygens (including phenoxy) is 1. The quantitative estimate of drug-likeness (QED) is 0.871. The van der Waals surface area contributed by atoms with Gasteiger partial charge in [0.05, 0.1) is 9.80 Å². The lowest BCUT2D eigenvalue weighted by Crippen LogP contribution is -2.08. The molecule has 2 aromatic rings. The van der Waals surface area contributed by atoms with Crippen molar-refractivity contribution in [3.05, 3.63) is 64.0 Å². The first kappa shape index (κ1) is 13.2. The molecule has 5 heteroatoms. The van der Waals surface area contributed by atoms with Crippen molar-refractivity contribution in [2.24, 2.45) is 0 Å². The Balaban J connectivity index is 1.86. The van der Waals surface area contributed by atoms with Gasteiger partial charge in [-0.1, -0.05) is 35.9 Å². The zero-order chi connectivity index (χ0) is 14.2. The second-order valence-electron chi connectivity index (χ2n) is 4.40. The van der Waals surface area contributed by atoms with Gasteiger partial charge in [-0.2, -0.15) is 0 Å². The van der Waals surface area contributed by atoms with Gasteiger partial charge in [0.2, 0.25) is 9.84 Å². The zero-order valence-electron chi connectivity index (χ0n) is 10.4. The number of fused-ring (bicyclic) bond motifs is 1. The van der Waals surface area contributed by atoms with Gasteiger partial charge < -0.3 is 4.74 Å². The van der Waals surface area contributed by atoms with E-state index < -0.39 is 9.84 Å². The van der Waals surface area contributed by atoms with E-state index in [1.807, 2.05) is 18.2 Å². The van der Waals surface area contributed by atoms with Crippen molar-refractivity contribution in [2.75, 3.05) is 6.61 Å². The van der Waals surface area contributed by atoms with Crippen LogP contribution in [0.4, 0.5) is 0 Å². The predicted octanol–water partition coefficient (Wildman–Crippen LogP) is 3.55. The van der Waals surface area contributed by atoms with Crippen molar-refractivity contribution in [3.63, 3.8) is 0 Å².